The van der Waals surface area contributed by atoms with Crippen LogP contribution in [0, 0.1) is 5.92 Å². The summed E-state index contributed by atoms with van der Waals surface area (Å²) < 4.78 is 39.7. The van der Waals surface area contributed by atoms with Crippen molar-refractivity contribution in [2.24, 2.45) is 5.92 Å². The summed E-state index contributed by atoms with van der Waals surface area (Å²) in [4.78, 5) is 1.83. The fourth-order valence-electron chi connectivity index (χ4n) is 2.52. The third-order valence-electron chi connectivity index (χ3n) is 3.38. The number of nitrogens with one attached hydrogen (secondary N) is 1. The van der Waals surface area contributed by atoms with Crippen molar-refractivity contribution in [1.82, 2.24) is 5.32 Å². The normalized spacial score (nSPS) is 20.1. The van der Waals surface area contributed by atoms with Gasteiger partial charge in [-0.2, -0.15) is 13.2 Å². The molecule has 2 rings (SSSR count). The van der Waals surface area contributed by atoms with Crippen molar-refractivity contribution in [2.45, 2.75) is 12.6 Å². The second-order valence-electron chi connectivity index (χ2n) is 4.82. The highest BCUT2D eigenvalue weighted by atomic mass is 79.9. The van der Waals surface area contributed by atoms with Crippen LogP contribution in [0.5, 0.6) is 0 Å². The monoisotopic (exact) mass is 336 g/mol. The van der Waals surface area contributed by atoms with Crippen LogP contribution in [0.1, 0.15) is 12.0 Å². The Labute approximate surface area is 119 Å². The number of hydrogen-bond acceptors (Lipinski definition) is 2. The van der Waals surface area contributed by atoms with Crippen LogP contribution in [0.3, 0.4) is 0 Å². The molecule has 0 saturated carbocycles. The molecule has 1 atom stereocenters. The molecular weight excluding hydrogens is 321 g/mol. The highest BCUT2D eigenvalue weighted by Gasteiger charge is 2.36. The highest BCUT2D eigenvalue weighted by Crippen LogP contribution is 2.39. The largest absolute Gasteiger partial charge is 0.418 e. The molecule has 0 radical (unpaired) electrons. The molecule has 0 spiro atoms. The van der Waals surface area contributed by atoms with E-state index in [-0.39, 0.29) is 5.69 Å². The van der Waals surface area contributed by atoms with Crippen LogP contribution < -0.4 is 10.2 Å². The van der Waals surface area contributed by atoms with Crippen LogP contribution in [-0.2, 0) is 6.18 Å². The van der Waals surface area contributed by atoms with Crippen LogP contribution in [0.2, 0.25) is 0 Å². The lowest BCUT2D eigenvalue weighted by atomic mass is 10.1. The summed E-state index contributed by atoms with van der Waals surface area (Å²) in [5, 5.41) is 3.08. The Kier molecular flexibility index (Phi) is 4.40. The predicted molar refractivity (Wildman–Crippen MR) is 73.4 cm³/mol. The molecule has 6 heteroatoms. The molecule has 0 bridgehead atoms. The minimum atomic E-state index is -4.32. The van der Waals surface area contributed by atoms with E-state index in [4.69, 9.17) is 0 Å². The lowest BCUT2D eigenvalue weighted by Gasteiger charge is -2.23. The summed E-state index contributed by atoms with van der Waals surface area (Å²) in [5.41, 5.74) is -0.277. The van der Waals surface area contributed by atoms with Gasteiger partial charge in [-0.3, -0.25) is 0 Å². The quantitative estimate of drug-likeness (QED) is 0.908. The van der Waals surface area contributed by atoms with E-state index in [1.54, 1.807) is 12.1 Å². The maximum atomic E-state index is 13.1. The Morgan fingerprint density at radius 3 is 2.79 bits per heavy atom. The molecule has 1 saturated heterocycles. The molecule has 1 aromatic carbocycles. The van der Waals surface area contributed by atoms with E-state index >= 15 is 0 Å². The molecule has 0 aliphatic carbocycles. The van der Waals surface area contributed by atoms with E-state index < -0.39 is 11.7 Å². The Morgan fingerprint density at radius 1 is 1.42 bits per heavy atom. The third-order valence-corrected chi connectivity index (χ3v) is 3.88. The molecule has 1 aliphatic rings. The summed E-state index contributed by atoms with van der Waals surface area (Å²) in [7, 11) is 1.86. The first-order valence-corrected chi connectivity index (χ1v) is 6.97. The van der Waals surface area contributed by atoms with Gasteiger partial charge in [-0.1, -0.05) is 15.9 Å². The lowest BCUT2D eigenvalue weighted by Crippen LogP contribution is -2.26. The van der Waals surface area contributed by atoms with Gasteiger partial charge in [-0.05, 0) is 44.1 Å². The first kappa shape index (κ1) is 14.7. The molecule has 1 heterocycles. The summed E-state index contributed by atoms with van der Waals surface area (Å²) in [6.07, 6.45) is -3.39. The molecule has 1 fully saturated rings. The number of benzene rings is 1. The Bertz CT molecular complexity index is 448. The lowest BCUT2D eigenvalue weighted by molar-refractivity contribution is -0.137. The van der Waals surface area contributed by atoms with Gasteiger partial charge in [0, 0.05) is 23.2 Å². The Morgan fingerprint density at radius 2 is 2.16 bits per heavy atom. The van der Waals surface area contributed by atoms with Crippen molar-refractivity contribution in [3.05, 3.63) is 28.2 Å². The first-order valence-electron chi connectivity index (χ1n) is 6.18. The predicted octanol–water partition coefficient (Wildman–Crippen LogP) is 3.51. The van der Waals surface area contributed by atoms with Crippen molar-refractivity contribution >= 4 is 21.6 Å². The zero-order valence-corrected chi connectivity index (χ0v) is 12.2. The van der Waals surface area contributed by atoms with Crippen LogP contribution in [-0.4, -0.2) is 26.7 Å². The summed E-state index contributed by atoms with van der Waals surface area (Å²) >= 11 is 3.11. The number of halogens is 4. The molecule has 106 valence electrons. The summed E-state index contributed by atoms with van der Waals surface area (Å²) in [5.74, 6) is 0.412. The molecule has 1 aliphatic heterocycles. The molecule has 0 amide bonds. The zero-order chi connectivity index (χ0) is 14.0. The van der Waals surface area contributed by atoms with E-state index in [2.05, 4.69) is 21.2 Å². The molecule has 1 unspecified atom stereocenters. The van der Waals surface area contributed by atoms with Crippen LogP contribution in [0.15, 0.2) is 22.7 Å². The standard InChI is InChI=1S/C13H16BrF3N2/c1-18-7-9-4-5-19(8-9)12-3-2-10(14)6-11(12)13(15,16)17/h2-3,6,9,18H,4-5,7-8H2,1H3. The fourth-order valence-corrected chi connectivity index (χ4v) is 2.88. The minimum absolute atomic E-state index is 0.286. The van der Waals surface area contributed by atoms with Gasteiger partial charge >= 0.3 is 6.18 Å². The number of rotatable bonds is 3. The van der Waals surface area contributed by atoms with Crippen molar-refractivity contribution in [1.29, 1.82) is 0 Å². The number of nitrogens with zero attached hydrogens (tertiary/aromatic N) is 1. The van der Waals surface area contributed by atoms with Crippen molar-refractivity contribution in [2.75, 3.05) is 31.6 Å². The topological polar surface area (TPSA) is 15.3 Å². The van der Waals surface area contributed by atoms with E-state index in [1.165, 1.54) is 0 Å². The second-order valence-corrected chi connectivity index (χ2v) is 5.73. The van der Waals surface area contributed by atoms with Gasteiger partial charge in [-0.15, -0.1) is 0 Å². The fraction of sp³-hybridized carbons (Fsp3) is 0.538. The van der Waals surface area contributed by atoms with Crippen LogP contribution >= 0.6 is 15.9 Å². The van der Waals surface area contributed by atoms with Gasteiger partial charge in [0.2, 0.25) is 0 Å². The average Bonchev–Trinajstić information content (AvgIpc) is 2.77. The van der Waals surface area contributed by atoms with Gasteiger partial charge in [0.1, 0.15) is 0 Å². The van der Waals surface area contributed by atoms with Crippen LogP contribution in [0.25, 0.3) is 0 Å². The van der Waals surface area contributed by atoms with Gasteiger partial charge in [0.05, 0.1) is 5.56 Å². The highest BCUT2D eigenvalue weighted by molar-refractivity contribution is 9.10. The summed E-state index contributed by atoms with van der Waals surface area (Å²) in [6, 6.07) is 4.37. The van der Waals surface area contributed by atoms with Gasteiger partial charge < -0.3 is 10.2 Å². The van der Waals surface area contributed by atoms with E-state index in [0.29, 0.717) is 23.5 Å². The molecule has 1 aromatic rings. The molecule has 19 heavy (non-hydrogen) atoms. The van der Waals surface area contributed by atoms with Crippen molar-refractivity contribution in [3.63, 3.8) is 0 Å². The zero-order valence-electron chi connectivity index (χ0n) is 10.6. The first-order chi connectivity index (χ1) is 8.91. The van der Waals surface area contributed by atoms with Crippen LogP contribution in [0.4, 0.5) is 18.9 Å². The van der Waals surface area contributed by atoms with E-state index in [9.17, 15) is 13.2 Å². The third kappa shape index (κ3) is 3.42. The molecule has 1 N–H and O–H groups in total. The van der Waals surface area contributed by atoms with E-state index in [1.807, 2.05) is 11.9 Å². The molecular formula is C13H16BrF3N2. The Hall–Kier alpha value is -0.750. The second kappa shape index (κ2) is 5.71. The molecule has 2 nitrogen and oxygen atoms in total. The Balaban J connectivity index is 2.26. The van der Waals surface area contributed by atoms with Crippen molar-refractivity contribution in [3.8, 4) is 0 Å². The van der Waals surface area contributed by atoms with E-state index in [0.717, 1.165) is 19.0 Å². The van der Waals surface area contributed by atoms with Crippen molar-refractivity contribution < 1.29 is 13.2 Å². The SMILES string of the molecule is CNCC1CCN(c2ccc(Br)cc2C(F)(F)F)C1. The smallest absolute Gasteiger partial charge is 0.371 e. The maximum Gasteiger partial charge on any atom is 0.418 e. The van der Waals surface area contributed by atoms with Gasteiger partial charge in [-0.25, -0.2) is 0 Å². The number of alkyl halides is 3. The summed E-state index contributed by atoms with van der Waals surface area (Å²) in [6.45, 7) is 2.19. The minimum Gasteiger partial charge on any atom is -0.371 e. The maximum absolute atomic E-state index is 13.1. The number of hydrogen-bond donors (Lipinski definition) is 1. The van der Waals surface area contributed by atoms with Gasteiger partial charge in [0.25, 0.3) is 0 Å². The molecule has 0 aromatic heterocycles. The van der Waals surface area contributed by atoms with Gasteiger partial charge in [0.15, 0.2) is 0 Å². The average molecular weight is 337 g/mol. The number of anilines is 1.